The quantitative estimate of drug-likeness (QED) is 0.273. The Hall–Kier alpha value is -0.160. The van der Waals surface area contributed by atoms with Crippen LogP contribution in [-0.4, -0.2) is 52.4 Å². The maximum Gasteiger partial charge on any atom is -0.00173 e. The van der Waals surface area contributed by atoms with Gasteiger partial charge in [0.1, 0.15) is 0 Å². The first kappa shape index (κ1) is 21.9. The molecule has 144 valence electrons. The van der Waals surface area contributed by atoms with Gasteiger partial charge in [-0.25, -0.2) is 0 Å². The van der Waals surface area contributed by atoms with Gasteiger partial charge in [-0.3, -0.25) is 0 Å². The topological polar surface area (TPSA) is 48.1 Å². The monoisotopic (exact) mass is 340 g/mol. The van der Waals surface area contributed by atoms with Crippen LogP contribution in [0.4, 0.5) is 0 Å². The van der Waals surface area contributed by atoms with Crippen LogP contribution in [-0.2, 0) is 0 Å². The lowest BCUT2D eigenvalue weighted by Gasteiger charge is -2.07. The van der Waals surface area contributed by atoms with Gasteiger partial charge in [0.25, 0.3) is 0 Å². The number of unbranched alkanes of at least 4 members (excludes halogenated alkanes) is 4. The summed E-state index contributed by atoms with van der Waals surface area (Å²) in [5, 5.41) is 14.2. The van der Waals surface area contributed by atoms with E-state index in [-0.39, 0.29) is 0 Å². The largest absolute Gasteiger partial charge is 0.317 e. The van der Waals surface area contributed by atoms with Crippen molar-refractivity contribution >= 4 is 0 Å². The molecule has 0 aromatic carbocycles. The smallest absolute Gasteiger partial charge is 0.00173 e. The molecule has 1 fully saturated rings. The summed E-state index contributed by atoms with van der Waals surface area (Å²) in [6, 6.07) is 0. The van der Waals surface area contributed by atoms with Crippen molar-refractivity contribution in [3.63, 3.8) is 0 Å². The van der Waals surface area contributed by atoms with E-state index in [9.17, 15) is 0 Å². The molecule has 0 aromatic rings. The predicted molar refractivity (Wildman–Crippen MR) is 107 cm³/mol. The first-order chi connectivity index (χ1) is 11.9. The molecule has 1 aliphatic rings. The molecular formula is C20H44N4. The first-order valence-corrected chi connectivity index (χ1v) is 10.7. The molecular weight excluding hydrogens is 296 g/mol. The second kappa shape index (κ2) is 16.3. The van der Waals surface area contributed by atoms with Gasteiger partial charge >= 0.3 is 0 Å². The Bertz CT molecular complexity index is 260. The van der Waals surface area contributed by atoms with E-state index in [0.717, 1.165) is 18.4 Å². The SMILES string of the molecule is CCCCCNCCCCNC[C@H]1C[C@H]1CNCCCCNCC. The molecule has 0 radical (unpaired) electrons. The van der Waals surface area contributed by atoms with Crippen LogP contribution in [0.1, 0.15) is 65.2 Å². The van der Waals surface area contributed by atoms with Crippen molar-refractivity contribution in [2.45, 2.75) is 65.2 Å². The van der Waals surface area contributed by atoms with E-state index in [1.807, 2.05) is 0 Å². The minimum Gasteiger partial charge on any atom is -0.317 e. The van der Waals surface area contributed by atoms with Crippen LogP contribution in [0.15, 0.2) is 0 Å². The zero-order chi connectivity index (χ0) is 17.3. The molecule has 24 heavy (non-hydrogen) atoms. The highest BCUT2D eigenvalue weighted by molar-refractivity contribution is 4.89. The molecule has 0 aromatic heterocycles. The zero-order valence-electron chi connectivity index (χ0n) is 16.5. The highest BCUT2D eigenvalue weighted by Crippen LogP contribution is 2.36. The summed E-state index contributed by atoms with van der Waals surface area (Å²) < 4.78 is 0. The molecule has 0 spiro atoms. The van der Waals surface area contributed by atoms with Crippen molar-refractivity contribution in [2.75, 3.05) is 52.4 Å². The average Bonchev–Trinajstić information content (AvgIpc) is 3.34. The van der Waals surface area contributed by atoms with E-state index in [1.165, 1.54) is 97.2 Å². The fourth-order valence-electron chi connectivity index (χ4n) is 3.19. The summed E-state index contributed by atoms with van der Waals surface area (Å²) in [5.41, 5.74) is 0. The Morgan fingerprint density at radius 1 is 0.583 bits per heavy atom. The van der Waals surface area contributed by atoms with Gasteiger partial charge in [0, 0.05) is 0 Å². The third kappa shape index (κ3) is 13.2. The van der Waals surface area contributed by atoms with Crippen molar-refractivity contribution in [1.29, 1.82) is 0 Å². The van der Waals surface area contributed by atoms with E-state index in [4.69, 9.17) is 0 Å². The maximum atomic E-state index is 3.65. The van der Waals surface area contributed by atoms with Crippen molar-refractivity contribution in [2.24, 2.45) is 11.8 Å². The summed E-state index contributed by atoms with van der Waals surface area (Å²) >= 11 is 0. The molecule has 1 aliphatic carbocycles. The van der Waals surface area contributed by atoms with Crippen LogP contribution in [0.2, 0.25) is 0 Å². The number of nitrogens with one attached hydrogen (secondary N) is 4. The fourth-order valence-corrected chi connectivity index (χ4v) is 3.19. The molecule has 0 bridgehead atoms. The molecule has 0 saturated heterocycles. The highest BCUT2D eigenvalue weighted by atomic mass is 14.9. The minimum atomic E-state index is 0.937. The molecule has 0 amide bonds. The molecule has 2 atom stereocenters. The summed E-state index contributed by atoms with van der Waals surface area (Å²) in [4.78, 5) is 0. The molecule has 0 unspecified atom stereocenters. The summed E-state index contributed by atoms with van der Waals surface area (Å²) in [7, 11) is 0. The van der Waals surface area contributed by atoms with Gasteiger partial charge in [-0.1, -0.05) is 26.7 Å². The normalized spacial score (nSPS) is 19.8. The number of rotatable bonds is 19. The lowest BCUT2D eigenvalue weighted by molar-refractivity contribution is 0.527. The molecule has 4 heteroatoms. The van der Waals surface area contributed by atoms with Crippen LogP contribution in [0.3, 0.4) is 0 Å². The number of hydrogen-bond donors (Lipinski definition) is 4. The second-order valence-electron chi connectivity index (χ2n) is 7.39. The lowest BCUT2D eigenvalue weighted by Crippen LogP contribution is -2.24. The van der Waals surface area contributed by atoms with Crippen LogP contribution in [0.5, 0.6) is 0 Å². The summed E-state index contributed by atoms with van der Waals surface area (Å²) in [6.45, 7) is 13.9. The van der Waals surface area contributed by atoms with Crippen molar-refractivity contribution in [1.82, 2.24) is 21.3 Å². The Labute approximate surface area is 151 Å². The van der Waals surface area contributed by atoms with E-state index in [1.54, 1.807) is 0 Å². The fraction of sp³-hybridized carbons (Fsp3) is 1.00. The lowest BCUT2D eigenvalue weighted by atomic mass is 10.2. The van der Waals surface area contributed by atoms with Gasteiger partial charge in [-0.2, -0.15) is 0 Å². The van der Waals surface area contributed by atoms with Crippen LogP contribution < -0.4 is 21.3 Å². The highest BCUT2D eigenvalue weighted by Gasteiger charge is 2.35. The van der Waals surface area contributed by atoms with Gasteiger partial charge in [0.2, 0.25) is 0 Å². The standard InChI is InChI=1S/C20H44N4/c1-3-5-6-12-22-13-8-10-15-24-18-20-16-19(20)17-23-14-9-7-11-21-4-2/h19-24H,3-18H2,1-2H3/t19-,20+/m0/s1. The maximum absolute atomic E-state index is 3.65. The zero-order valence-corrected chi connectivity index (χ0v) is 16.5. The first-order valence-electron chi connectivity index (χ1n) is 10.7. The summed E-state index contributed by atoms with van der Waals surface area (Å²) in [6.07, 6.45) is 10.7. The van der Waals surface area contributed by atoms with Crippen LogP contribution >= 0.6 is 0 Å². The number of hydrogen-bond acceptors (Lipinski definition) is 4. The second-order valence-corrected chi connectivity index (χ2v) is 7.39. The van der Waals surface area contributed by atoms with E-state index in [0.29, 0.717) is 0 Å². The molecule has 4 N–H and O–H groups in total. The average molecular weight is 341 g/mol. The third-order valence-corrected chi connectivity index (χ3v) is 5.00. The molecule has 4 nitrogen and oxygen atoms in total. The Balaban J connectivity index is 1.72. The van der Waals surface area contributed by atoms with Gasteiger partial charge in [0.15, 0.2) is 0 Å². The van der Waals surface area contributed by atoms with Crippen LogP contribution in [0, 0.1) is 11.8 Å². The Morgan fingerprint density at radius 2 is 1.04 bits per heavy atom. The Kier molecular flexibility index (Phi) is 14.9. The molecule has 0 heterocycles. The van der Waals surface area contributed by atoms with Crippen LogP contribution in [0.25, 0.3) is 0 Å². The van der Waals surface area contributed by atoms with E-state index >= 15 is 0 Å². The minimum absolute atomic E-state index is 0.937. The Morgan fingerprint density at radius 3 is 1.54 bits per heavy atom. The molecule has 0 aliphatic heterocycles. The van der Waals surface area contributed by atoms with Gasteiger partial charge < -0.3 is 21.3 Å². The third-order valence-electron chi connectivity index (χ3n) is 5.00. The van der Waals surface area contributed by atoms with Crippen molar-refractivity contribution in [3.8, 4) is 0 Å². The van der Waals surface area contributed by atoms with Gasteiger partial charge in [-0.05, 0) is 103 Å². The summed E-state index contributed by atoms with van der Waals surface area (Å²) in [5.74, 6) is 1.87. The van der Waals surface area contributed by atoms with E-state index in [2.05, 4.69) is 35.1 Å². The van der Waals surface area contributed by atoms with Gasteiger partial charge in [-0.15, -0.1) is 0 Å². The van der Waals surface area contributed by atoms with Crippen molar-refractivity contribution < 1.29 is 0 Å². The van der Waals surface area contributed by atoms with Gasteiger partial charge in [0.05, 0.1) is 0 Å². The predicted octanol–water partition coefficient (Wildman–Crippen LogP) is 2.75. The van der Waals surface area contributed by atoms with Crippen molar-refractivity contribution in [3.05, 3.63) is 0 Å². The molecule has 1 saturated carbocycles. The molecule has 1 rings (SSSR count). The van der Waals surface area contributed by atoms with E-state index < -0.39 is 0 Å².